The van der Waals surface area contributed by atoms with Crippen LogP contribution in [0.1, 0.15) is 19.8 Å². The molecule has 0 aliphatic carbocycles. The first-order chi connectivity index (χ1) is 10.5. The van der Waals surface area contributed by atoms with Gasteiger partial charge in [-0.3, -0.25) is 0 Å². The lowest BCUT2D eigenvalue weighted by molar-refractivity contribution is 0.250. The fraction of sp³-hybridized carbons (Fsp3) is 0.600. The Morgan fingerprint density at radius 1 is 1.22 bits per heavy atom. The molecule has 1 fully saturated rings. The Hall–Kier alpha value is -1.02. The predicted molar refractivity (Wildman–Crippen MR) is 89.8 cm³/mol. The van der Waals surface area contributed by atoms with Crippen LogP contribution in [0, 0.1) is 5.92 Å². The van der Waals surface area contributed by atoms with Gasteiger partial charge in [-0.1, -0.05) is 6.92 Å². The smallest absolute Gasteiger partial charge is 0.243 e. The van der Waals surface area contributed by atoms with Crippen LogP contribution < -0.4 is 15.2 Å². The first-order valence-corrected chi connectivity index (χ1v) is 9.08. The van der Waals surface area contributed by atoms with Crippen LogP contribution in [0.2, 0.25) is 0 Å². The number of ether oxygens (including phenoxy) is 2. The maximum Gasteiger partial charge on any atom is 0.243 e. The third kappa shape index (κ3) is 3.74. The molecule has 23 heavy (non-hydrogen) atoms. The molecule has 3 rings (SSSR count). The Morgan fingerprint density at radius 3 is 2.61 bits per heavy atom. The molecule has 0 saturated carbocycles. The fourth-order valence-electron chi connectivity index (χ4n) is 2.80. The van der Waals surface area contributed by atoms with Crippen molar-refractivity contribution < 1.29 is 17.9 Å². The molecule has 8 heteroatoms. The van der Waals surface area contributed by atoms with Gasteiger partial charge in [0.1, 0.15) is 0 Å². The van der Waals surface area contributed by atoms with Gasteiger partial charge in [0.15, 0.2) is 11.5 Å². The highest BCUT2D eigenvalue weighted by molar-refractivity contribution is 7.89. The summed E-state index contributed by atoms with van der Waals surface area (Å²) in [5.74, 6) is 1.26. The quantitative estimate of drug-likeness (QED) is 0.864. The molecule has 0 aromatic heterocycles. The minimum atomic E-state index is -3.52. The molecule has 1 aromatic rings. The van der Waals surface area contributed by atoms with Crippen molar-refractivity contribution in [3.8, 4) is 11.5 Å². The third-order valence-corrected chi connectivity index (χ3v) is 6.15. The molecule has 2 heterocycles. The minimum Gasteiger partial charge on any atom is -0.490 e. The highest BCUT2D eigenvalue weighted by atomic mass is 35.5. The van der Waals surface area contributed by atoms with Gasteiger partial charge in [0.2, 0.25) is 10.0 Å². The van der Waals surface area contributed by atoms with Crippen molar-refractivity contribution in [1.29, 1.82) is 0 Å². The molecule has 2 aliphatic rings. The Labute approximate surface area is 143 Å². The van der Waals surface area contributed by atoms with E-state index in [1.54, 1.807) is 18.2 Å². The van der Waals surface area contributed by atoms with Crippen LogP contribution in [0.3, 0.4) is 0 Å². The van der Waals surface area contributed by atoms with E-state index in [0.717, 1.165) is 6.42 Å². The van der Waals surface area contributed by atoms with E-state index in [-0.39, 0.29) is 29.3 Å². The molecule has 2 aliphatic heterocycles. The summed E-state index contributed by atoms with van der Waals surface area (Å²) in [6, 6.07) is 4.89. The van der Waals surface area contributed by atoms with Crippen molar-refractivity contribution in [2.45, 2.75) is 30.7 Å². The third-order valence-electron chi connectivity index (χ3n) is 4.29. The molecule has 0 radical (unpaired) electrons. The molecule has 0 bridgehead atoms. The van der Waals surface area contributed by atoms with Crippen molar-refractivity contribution in [2.75, 3.05) is 26.3 Å². The molecule has 2 unspecified atom stereocenters. The average molecular weight is 363 g/mol. The summed E-state index contributed by atoms with van der Waals surface area (Å²) in [5, 5.41) is 0. The molecule has 1 aromatic carbocycles. The van der Waals surface area contributed by atoms with Gasteiger partial charge in [-0.15, -0.1) is 12.4 Å². The summed E-state index contributed by atoms with van der Waals surface area (Å²) < 4.78 is 38.2. The number of benzene rings is 1. The van der Waals surface area contributed by atoms with Crippen LogP contribution in [0.25, 0.3) is 0 Å². The van der Waals surface area contributed by atoms with E-state index in [4.69, 9.17) is 15.2 Å². The Kier molecular flexibility index (Phi) is 5.78. The maximum absolute atomic E-state index is 12.8. The summed E-state index contributed by atoms with van der Waals surface area (Å²) in [6.45, 7) is 4.02. The number of nitrogens with zero attached hydrogens (tertiary/aromatic N) is 1. The molecule has 6 nitrogen and oxygen atoms in total. The lowest BCUT2D eigenvalue weighted by atomic mass is 9.96. The molecular weight excluding hydrogens is 340 g/mol. The summed E-state index contributed by atoms with van der Waals surface area (Å²) >= 11 is 0. The summed E-state index contributed by atoms with van der Waals surface area (Å²) in [4.78, 5) is 0.249. The average Bonchev–Trinajstić information content (AvgIpc) is 2.74. The predicted octanol–water partition coefficient (Wildman–Crippen LogP) is 1.63. The lowest BCUT2D eigenvalue weighted by Crippen LogP contribution is -2.48. The van der Waals surface area contributed by atoms with Crippen LogP contribution in [-0.4, -0.2) is 45.1 Å². The van der Waals surface area contributed by atoms with Gasteiger partial charge in [0.25, 0.3) is 0 Å². The Morgan fingerprint density at radius 2 is 1.91 bits per heavy atom. The molecule has 0 spiro atoms. The standard InChI is InChI=1S/C15H22N2O4S.ClH/c1-11-10-17(6-5-13(11)16)22(18,19)12-3-4-14-15(9-12)21-8-2-7-20-14;/h3-4,9,11,13H,2,5-8,10,16H2,1H3;1H. The fourth-order valence-corrected chi connectivity index (χ4v) is 4.37. The van der Waals surface area contributed by atoms with Gasteiger partial charge >= 0.3 is 0 Å². The van der Waals surface area contributed by atoms with Gasteiger partial charge in [-0.25, -0.2) is 8.42 Å². The van der Waals surface area contributed by atoms with Crippen LogP contribution in [-0.2, 0) is 10.0 Å². The number of fused-ring (bicyclic) bond motifs is 1. The van der Waals surface area contributed by atoms with Crippen molar-refractivity contribution >= 4 is 22.4 Å². The van der Waals surface area contributed by atoms with Gasteiger partial charge in [-0.05, 0) is 24.5 Å². The van der Waals surface area contributed by atoms with E-state index >= 15 is 0 Å². The Balaban J connectivity index is 0.00000192. The first-order valence-electron chi connectivity index (χ1n) is 7.64. The molecule has 2 atom stereocenters. The van der Waals surface area contributed by atoms with Gasteiger partial charge in [-0.2, -0.15) is 4.31 Å². The van der Waals surface area contributed by atoms with Crippen LogP contribution in [0.4, 0.5) is 0 Å². The van der Waals surface area contributed by atoms with Crippen LogP contribution in [0.15, 0.2) is 23.1 Å². The number of hydrogen-bond donors (Lipinski definition) is 1. The van der Waals surface area contributed by atoms with Crippen molar-refractivity contribution in [2.24, 2.45) is 11.7 Å². The van der Waals surface area contributed by atoms with Crippen LogP contribution in [0.5, 0.6) is 11.5 Å². The van der Waals surface area contributed by atoms with Gasteiger partial charge in [0, 0.05) is 31.6 Å². The van der Waals surface area contributed by atoms with Gasteiger partial charge < -0.3 is 15.2 Å². The van der Waals surface area contributed by atoms with Crippen molar-refractivity contribution in [3.05, 3.63) is 18.2 Å². The second kappa shape index (κ2) is 7.25. The summed E-state index contributed by atoms with van der Waals surface area (Å²) in [6.07, 6.45) is 1.48. The van der Waals surface area contributed by atoms with Crippen molar-refractivity contribution in [1.82, 2.24) is 4.31 Å². The SMILES string of the molecule is CC1CN(S(=O)(=O)c2ccc3c(c2)OCCCO3)CCC1N.Cl. The monoisotopic (exact) mass is 362 g/mol. The van der Waals surface area contributed by atoms with Crippen LogP contribution >= 0.6 is 12.4 Å². The highest BCUT2D eigenvalue weighted by Crippen LogP contribution is 2.33. The van der Waals surface area contributed by atoms with E-state index in [9.17, 15) is 8.42 Å². The zero-order valence-electron chi connectivity index (χ0n) is 13.1. The topological polar surface area (TPSA) is 81.9 Å². The summed E-state index contributed by atoms with van der Waals surface area (Å²) in [7, 11) is -3.52. The van der Waals surface area contributed by atoms with E-state index in [0.29, 0.717) is 44.2 Å². The first kappa shape index (κ1) is 18.3. The molecule has 1 saturated heterocycles. The zero-order chi connectivity index (χ0) is 15.7. The summed E-state index contributed by atoms with van der Waals surface area (Å²) in [5.41, 5.74) is 5.97. The number of rotatable bonds is 2. The Bertz CT molecular complexity index is 653. The number of nitrogens with two attached hydrogens (primary N) is 1. The minimum absolute atomic E-state index is 0. The second-order valence-electron chi connectivity index (χ2n) is 5.95. The number of halogens is 1. The maximum atomic E-state index is 12.8. The second-order valence-corrected chi connectivity index (χ2v) is 7.89. The molecule has 2 N–H and O–H groups in total. The zero-order valence-corrected chi connectivity index (χ0v) is 14.7. The molecular formula is C15H23ClN2O4S. The molecule has 0 amide bonds. The normalized spacial score (nSPS) is 25.3. The van der Waals surface area contributed by atoms with Crippen molar-refractivity contribution in [3.63, 3.8) is 0 Å². The molecule has 130 valence electrons. The largest absolute Gasteiger partial charge is 0.490 e. The highest BCUT2D eigenvalue weighted by Gasteiger charge is 2.32. The number of sulfonamides is 1. The van der Waals surface area contributed by atoms with E-state index in [2.05, 4.69) is 0 Å². The van der Waals surface area contributed by atoms with Gasteiger partial charge in [0.05, 0.1) is 18.1 Å². The lowest BCUT2D eigenvalue weighted by Gasteiger charge is -2.34. The van der Waals surface area contributed by atoms with E-state index < -0.39 is 10.0 Å². The van der Waals surface area contributed by atoms with E-state index in [1.807, 2.05) is 6.92 Å². The number of piperidine rings is 1. The number of hydrogen-bond acceptors (Lipinski definition) is 5. The van der Waals surface area contributed by atoms with E-state index in [1.165, 1.54) is 4.31 Å².